The highest BCUT2D eigenvalue weighted by atomic mass is 31.2. The van der Waals surface area contributed by atoms with Gasteiger partial charge in [-0.25, -0.2) is 9.36 Å². The predicted molar refractivity (Wildman–Crippen MR) is 125 cm³/mol. The van der Waals surface area contributed by atoms with Crippen molar-refractivity contribution in [1.82, 2.24) is 14.6 Å². The van der Waals surface area contributed by atoms with Gasteiger partial charge in [-0.1, -0.05) is 18.2 Å². The molecule has 1 aromatic carbocycles. The molecule has 194 valence electrons. The second-order valence-electron chi connectivity index (χ2n) is 9.33. The van der Waals surface area contributed by atoms with E-state index in [-0.39, 0.29) is 19.0 Å². The smallest absolute Gasteiger partial charge is 0.459 e. The van der Waals surface area contributed by atoms with Gasteiger partial charge in [0.25, 0.3) is 5.56 Å². The number of ether oxygens (including phenoxy) is 2. The number of benzene rings is 1. The molecule has 12 nitrogen and oxygen atoms in total. The highest BCUT2D eigenvalue weighted by Gasteiger charge is 2.65. The van der Waals surface area contributed by atoms with Crippen molar-refractivity contribution in [2.24, 2.45) is 5.41 Å². The summed E-state index contributed by atoms with van der Waals surface area (Å²) in [6, 6.07) is 9.56. The molecule has 3 N–H and O–H groups in total. The fraction of sp³-hybridized carbons (Fsp3) is 0.522. The summed E-state index contributed by atoms with van der Waals surface area (Å²) in [6.45, 7) is 1.51. The summed E-state index contributed by atoms with van der Waals surface area (Å²) in [4.78, 5) is 38.5. The molecule has 2 aliphatic carbocycles. The van der Waals surface area contributed by atoms with Crippen LogP contribution in [0, 0.1) is 5.41 Å². The van der Waals surface area contributed by atoms with E-state index in [1.54, 1.807) is 37.3 Å². The third-order valence-electron chi connectivity index (χ3n) is 6.81. The molecule has 2 aromatic rings. The molecule has 3 aliphatic rings. The van der Waals surface area contributed by atoms with Crippen molar-refractivity contribution >= 4 is 13.7 Å². The fourth-order valence-corrected chi connectivity index (χ4v) is 6.30. The first-order valence-corrected chi connectivity index (χ1v) is 13.4. The zero-order chi connectivity index (χ0) is 25.6. The summed E-state index contributed by atoms with van der Waals surface area (Å²) in [5.41, 5.74) is -3.10. The van der Waals surface area contributed by atoms with E-state index in [0.29, 0.717) is 25.7 Å². The second-order valence-corrected chi connectivity index (χ2v) is 11.0. The van der Waals surface area contributed by atoms with Crippen molar-refractivity contribution in [3.63, 3.8) is 0 Å². The molecular formula is C23H28N3O9P. The number of aromatic amines is 1. The Labute approximate surface area is 206 Å². The zero-order valence-corrected chi connectivity index (χ0v) is 20.5. The summed E-state index contributed by atoms with van der Waals surface area (Å²) in [5, 5.41) is 13.8. The lowest BCUT2D eigenvalue weighted by atomic mass is 9.96. The van der Waals surface area contributed by atoms with Crippen LogP contribution in [-0.2, 0) is 23.4 Å². The van der Waals surface area contributed by atoms with Gasteiger partial charge in [-0.3, -0.25) is 23.7 Å². The van der Waals surface area contributed by atoms with Gasteiger partial charge in [0.05, 0.1) is 19.3 Å². The summed E-state index contributed by atoms with van der Waals surface area (Å²) < 4.78 is 37.6. The molecular weight excluding hydrogens is 493 g/mol. The van der Waals surface area contributed by atoms with Crippen LogP contribution in [0.25, 0.3) is 0 Å². The van der Waals surface area contributed by atoms with Crippen molar-refractivity contribution in [3.8, 4) is 5.75 Å². The molecule has 36 heavy (non-hydrogen) atoms. The Balaban J connectivity index is 1.35. The lowest BCUT2D eigenvalue weighted by Gasteiger charge is -2.26. The van der Waals surface area contributed by atoms with Gasteiger partial charge in [0.2, 0.25) is 0 Å². The third-order valence-corrected chi connectivity index (χ3v) is 8.45. The Hall–Kier alpha value is -2.76. The van der Waals surface area contributed by atoms with E-state index in [9.17, 15) is 24.1 Å². The molecule has 1 spiro atoms. The van der Waals surface area contributed by atoms with Gasteiger partial charge in [-0.05, 0) is 44.7 Å². The van der Waals surface area contributed by atoms with E-state index in [4.69, 9.17) is 18.5 Å². The van der Waals surface area contributed by atoms with Crippen LogP contribution < -0.4 is 20.9 Å². The minimum absolute atomic E-state index is 0.169. The van der Waals surface area contributed by atoms with Gasteiger partial charge < -0.3 is 19.1 Å². The Morgan fingerprint density at radius 1 is 1.22 bits per heavy atom. The molecule has 1 aliphatic heterocycles. The molecule has 5 rings (SSSR count). The first-order valence-electron chi connectivity index (χ1n) is 11.8. The standard InChI is InChI=1S/C23H28N3O9P/c1-2-32-20(29)23(11-12-23)25-36(31,35-15-6-4-3-5-7-15)33-14-16-18(28)22(9-10-22)19(34-16)26-13-8-17(27)24-21(26)30/h3-8,13,16,18-19,28H,2,9-12,14H2,1H3,(H,25,31)(H,24,27,30). The quantitative estimate of drug-likeness (QED) is 0.309. The van der Waals surface area contributed by atoms with Crippen molar-refractivity contribution in [2.45, 2.75) is 56.6 Å². The summed E-state index contributed by atoms with van der Waals surface area (Å²) in [5.74, 6) is -0.283. The maximum Gasteiger partial charge on any atom is 0.459 e. The molecule has 0 radical (unpaired) electrons. The van der Waals surface area contributed by atoms with Crippen LogP contribution in [0.3, 0.4) is 0 Å². The molecule has 2 heterocycles. The molecule has 1 aromatic heterocycles. The highest BCUT2D eigenvalue weighted by molar-refractivity contribution is 7.52. The lowest BCUT2D eigenvalue weighted by molar-refractivity contribution is -0.146. The molecule has 13 heteroatoms. The van der Waals surface area contributed by atoms with Crippen molar-refractivity contribution in [2.75, 3.05) is 13.2 Å². The number of aliphatic hydroxyl groups is 1. The highest BCUT2D eigenvalue weighted by Crippen LogP contribution is 2.62. The van der Waals surface area contributed by atoms with Gasteiger partial charge in [-0.15, -0.1) is 0 Å². The molecule has 1 saturated heterocycles. The first kappa shape index (κ1) is 24.9. The van der Waals surface area contributed by atoms with Crippen molar-refractivity contribution < 1.29 is 33.0 Å². The number of rotatable bonds is 10. The van der Waals surface area contributed by atoms with Gasteiger partial charge in [0.1, 0.15) is 23.6 Å². The monoisotopic (exact) mass is 521 g/mol. The second kappa shape index (κ2) is 9.28. The molecule has 4 unspecified atom stereocenters. The summed E-state index contributed by atoms with van der Waals surface area (Å²) >= 11 is 0. The number of aromatic nitrogens is 2. The minimum atomic E-state index is -4.14. The first-order chi connectivity index (χ1) is 17.2. The molecule has 4 atom stereocenters. The van der Waals surface area contributed by atoms with Gasteiger partial charge >= 0.3 is 19.4 Å². The number of carbonyl (C=O) groups excluding carboxylic acids is 1. The Morgan fingerprint density at radius 3 is 2.56 bits per heavy atom. The average molecular weight is 521 g/mol. The normalized spacial score (nSPS) is 26.8. The van der Waals surface area contributed by atoms with Crippen molar-refractivity contribution in [3.05, 3.63) is 63.4 Å². The zero-order valence-electron chi connectivity index (χ0n) is 19.6. The third kappa shape index (κ3) is 4.67. The fourth-order valence-electron chi connectivity index (χ4n) is 4.55. The number of aliphatic hydroxyl groups excluding tert-OH is 1. The number of nitrogens with one attached hydrogen (secondary N) is 2. The van der Waals surface area contributed by atoms with E-state index in [1.807, 2.05) is 0 Å². The van der Waals surface area contributed by atoms with E-state index >= 15 is 0 Å². The van der Waals surface area contributed by atoms with Crippen LogP contribution in [0.4, 0.5) is 0 Å². The number of carbonyl (C=O) groups is 1. The van der Waals surface area contributed by atoms with E-state index in [0.717, 1.165) is 0 Å². The SMILES string of the molecule is CCOC(=O)C1(NP(=O)(OCC2OC(n3ccc(=O)[nH]c3=O)C3(CC3)C2O)Oc2ccccc2)CC1. The van der Waals surface area contributed by atoms with Crippen LogP contribution in [-0.4, -0.2) is 51.6 Å². The molecule has 3 fully saturated rings. The number of nitrogens with zero attached hydrogens (tertiary/aromatic N) is 1. The van der Waals surface area contributed by atoms with Crippen LogP contribution in [0.5, 0.6) is 5.75 Å². The average Bonchev–Trinajstić information content (AvgIpc) is 3.76. The predicted octanol–water partition coefficient (Wildman–Crippen LogP) is 1.46. The van der Waals surface area contributed by atoms with Crippen LogP contribution >= 0.6 is 7.75 Å². The Morgan fingerprint density at radius 2 is 1.94 bits per heavy atom. The van der Waals surface area contributed by atoms with Gasteiger partial charge in [-0.2, -0.15) is 5.09 Å². The van der Waals surface area contributed by atoms with E-state index in [1.165, 1.54) is 16.8 Å². The van der Waals surface area contributed by atoms with Crippen molar-refractivity contribution in [1.29, 1.82) is 0 Å². The van der Waals surface area contributed by atoms with Gasteiger partial charge in [0.15, 0.2) is 0 Å². The maximum absolute atomic E-state index is 13.8. The largest absolute Gasteiger partial charge is 0.465 e. The molecule has 0 bridgehead atoms. The number of H-pyrrole nitrogens is 1. The van der Waals surface area contributed by atoms with Crippen LogP contribution in [0.2, 0.25) is 0 Å². The lowest BCUT2D eigenvalue weighted by Crippen LogP contribution is -2.41. The van der Waals surface area contributed by atoms with E-state index in [2.05, 4.69) is 10.1 Å². The Bertz CT molecular complexity index is 1290. The summed E-state index contributed by atoms with van der Waals surface area (Å²) in [6.07, 6.45) is 0.535. The topological polar surface area (TPSA) is 158 Å². The number of hydrogen-bond acceptors (Lipinski definition) is 9. The number of esters is 1. The van der Waals surface area contributed by atoms with Gasteiger partial charge in [0, 0.05) is 17.7 Å². The molecule has 0 amide bonds. The minimum Gasteiger partial charge on any atom is -0.465 e. The van der Waals surface area contributed by atoms with E-state index < -0.39 is 54.4 Å². The summed E-state index contributed by atoms with van der Waals surface area (Å²) in [7, 11) is -4.14. The van der Waals surface area contributed by atoms with Crippen LogP contribution in [0.15, 0.2) is 52.2 Å². The number of hydrogen-bond donors (Lipinski definition) is 3. The molecule has 2 saturated carbocycles. The Kier molecular flexibility index (Phi) is 6.42. The maximum atomic E-state index is 13.8. The number of para-hydroxylation sites is 1. The van der Waals surface area contributed by atoms with Crippen LogP contribution in [0.1, 0.15) is 38.8 Å².